The highest BCUT2D eigenvalue weighted by Gasteiger charge is 2.07. The molecule has 5 heteroatoms. The number of nitrogens with zero attached hydrogens (tertiary/aromatic N) is 1. The number of hydrogen-bond acceptors (Lipinski definition) is 4. The standard InChI is InChI=1S/C6H5NO4/c8-4-2-1-3(6(10)11)7-5(4)9/h1-2,8H,(H,7,9)(H,10,11). The first-order valence-corrected chi connectivity index (χ1v) is 2.73. The van der Waals surface area contributed by atoms with Gasteiger partial charge >= 0.3 is 5.97 Å². The number of aromatic hydroxyl groups is 2. The van der Waals surface area contributed by atoms with Gasteiger partial charge in [0.05, 0.1) is 0 Å². The molecule has 5 nitrogen and oxygen atoms in total. The number of aromatic carboxylic acids is 1. The molecular weight excluding hydrogens is 150 g/mol. The van der Waals surface area contributed by atoms with Crippen LogP contribution in [0.25, 0.3) is 0 Å². The molecule has 0 spiro atoms. The van der Waals surface area contributed by atoms with Gasteiger partial charge in [0, 0.05) is 0 Å². The van der Waals surface area contributed by atoms with E-state index in [2.05, 4.69) is 4.98 Å². The SMILES string of the molecule is O=C(O)c1ccc(O)c(O)n1. The van der Waals surface area contributed by atoms with E-state index >= 15 is 0 Å². The van der Waals surface area contributed by atoms with Gasteiger partial charge in [-0.1, -0.05) is 0 Å². The van der Waals surface area contributed by atoms with Gasteiger partial charge in [-0.15, -0.1) is 0 Å². The Bertz CT molecular complexity index is 297. The maximum absolute atomic E-state index is 10.2. The van der Waals surface area contributed by atoms with E-state index in [4.69, 9.17) is 15.3 Å². The third-order valence-electron chi connectivity index (χ3n) is 1.07. The van der Waals surface area contributed by atoms with Crippen LogP contribution < -0.4 is 0 Å². The number of carboxylic acids is 1. The van der Waals surface area contributed by atoms with Crippen molar-refractivity contribution < 1.29 is 20.1 Å². The Hall–Kier alpha value is -1.78. The van der Waals surface area contributed by atoms with Crippen LogP contribution in [0.2, 0.25) is 0 Å². The molecule has 0 aromatic carbocycles. The van der Waals surface area contributed by atoms with Crippen LogP contribution in [0.4, 0.5) is 0 Å². The highest BCUT2D eigenvalue weighted by atomic mass is 16.4. The Labute approximate surface area is 61.6 Å². The second-order valence-electron chi connectivity index (χ2n) is 1.84. The molecule has 0 aliphatic rings. The summed E-state index contributed by atoms with van der Waals surface area (Å²) in [5.41, 5.74) is -0.305. The van der Waals surface area contributed by atoms with Gasteiger partial charge in [-0.2, -0.15) is 0 Å². The summed E-state index contributed by atoms with van der Waals surface area (Å²) in [5.74, 6) is -2.36. The van der Waals surface area contributed by atoms with E-state index in [1.165, 1.54) is 0 Å². The molecule has 3 N–H and O–H groups in total. The maximum Gasteiger partial charge on any atom is 0.354 e. The molecule has 0 atom stereocenters. The summed E-state index contributed by atoms with van der Waals surface area (Å²) in [6, 6.07) is 2.16. The summed E-state index contributed by atoms with van der Waals surface area (Å²) in [4.78, 5) is 13.4. The molecule has 0 unspecified atom stereocenters. The summed E-state index contributed by atoms with van der Waals surface area (Å²) in [7, 11) is 0. The molecule has 1 heterocycles. The van der Waals surface area contributed by atoms with E-state index in [1.807, 2.05) is 0 Å². The number of rotatable bonds is 1. The Balaban J connectivity index is 3.15. The first kappa shape index (κ1) is 7.33. The molecular formula is C6H5NO4. The second-order valence-corrected chi connectivity index (χ2v) is 1.84. The number of carboxylic acid groups (broad SMARTS) is 1. The van der Waals surface area contributed by atoms with Crippen molar-refractivity contribution in [1.29, 1.82) is 0 Å². The van der Waals surface area contributed by atoms with Crippen molar-refractivity contribution >= 4 is 5.97 Å². The van der Waals surface area contributed by atoms with Gasteiger partial charge in [-0.3, -0.25) is 0 Å². The van der Waals surface area contributed by atoms with Gasteiger partial charge < -0.3 is 15.3 Å². The first-order chi connectivity index (χ1) is 5.11. The highest BCUT2D eigenvalue weighted by molar-refractivity contribution is 5.85. The summed E-state index contributed by atoms with van der Waals surface area (Å²) in [6.07, 6.45) is 0. The molecule has 0 fully saturated rings. The van der Waals surface area contributed by atoms with Crippen LogP contribution >= 0.6 is 0 Å². The Morgan fingerprint density at radius 3 is 2.45 bits per heavy atom. The van der Waals surface area contributed by atoms with E-state index in [0.29, 0.717) is 0 Å². The fraction of sp³-hybridized carbons (Fsp3) is 0. The smallest absolute Gasteiger partial charge is 0.354 e. The largest absolute Gasteiger partial charge is 0.503 e. The molecule has 11 heavy (non-hydrogen) atoms. The van der Waals surface area contributed by atoms with Crippen LogP contribution in [0.5, 0.6) is 11.6 Å². The predicted octanol–water partition coefficient (Wildman–Crippen LogP) is 0.191. The maximum atomic E-state index is 10.2. The van der Waals surface area contributed by atoms with Crippen molar-refractivity contribution in [2.24, 2.45) is 0 Å². The number of hydrogen-bond donors (Lipinski definition) is 3. The van der Waals surface area contributed by atoms with Crippen molar-refractivity contribution in [2.45, 2.75) is 0 Å². The molecule has 0 aliphatic heterocycles. The van der Waals surface area contributed by atoms with E-state index in [-0.39, 0.29) is 5.69 Å². The van der Waals surface area contributed by atoms with Crippen molar-refractivity contribution in [3.05, 3.63) is 17.8 Å². The average Bonchev–Trinajstić information content (AvgIpc) is 1.94. The Kier molecular flexibility index (Phi) is 1.63. The fourth-order valence-electron chi connectivity index (χ4n) is 0.560. The fourth-order valence-corrected chi connectivity index (χ4v) is 0.560. The minimum Gasteiger partial charge on any atom is -0.503 e. The lowest BCUT2D eigenvalue weighted by Gasteiger charge is -1.96. The average molecular weight is 155 g/mol. The summed E-state index contributed by atoms with van der Waals surface area (Å²) < 4.78 is 0. The number of pyridine rings is 1. The zero-order valence-electron chi connectivity index (χ0n) is 5.35. The van der Waals surface area contributed by atoms with Gasteiger partial charge in [0.25, 0.3) is 5.88 Å². The molecule has 0 saturated carbocycles. The minimum absolute atomic E-state index is 0.305. The molecule has 0 saturated heterocycles. The third-order valence-corrected chi connectivity index (χ3v) is 1.07. The topological polar surface area (TPSA) is 90.7 Å². The quantitative estimate of drug-likeness (QED) is 0.538. The predicted molar refractivity (Wildman–Crippen MR) is 34.5 cm³/mol. The molecule has 0 bridgehead atoms. The van der Waals surface area contributed by atoms with Crippen molar-refractivity contribution in [3.8, 4) is 11.6 Å². The van der Waals surface area contributed by atoms with E-state index < -0.39 is 17.6 Å². The van der Waals surface area contributed by atoms with Crippen LogP contribution in [0, 0.1) is 0 Å². The third kappa shape index (κ3) is 1.37. The zero-order chi connectivity index (χ0) is 8.43. The molecule has 0 aliphatic carbocycles. The molecule has 0 amide bonds. The van der Waals surface area contributed by atoms with E-state index in [0.717, 1.165) is 12.1 Å². The molecule has 1 aromatic rings. The summed E-state index contributed by atoms with van der Waals surface area (Å²) in [5, 5.41) is 25.8. The highest BCUT2D eigenvalue weighted by Crippen LogP contribution is 2.20. The summed E-state index contributed by atoms with van der Waals surface area (Å²) >= 11 is 0. The van der Waals surface area contributed by atoms with Crippen molar-refractivity contribution in [1.82, 2.24) is 4.98 Å². The normalized spacial score (nSPS) is 9.45. The van der Waals surface area contributed by atoms with Crippen LogP contribution in [-0.2, 0) is 0 Å². The number of carbonyl (C=O) groups is 1. The van der Waals surface area contributed by atoms with Crippen LogP contribution in [0.15, 0.2) is 12.1 Å². The lowest BCUT2D eigenvalue weighted by atomic mass is 10.3. The van der Waals surface area contributed by atoms with Crippen LogP contribution in [0.1, 0.15) is 10.5 Å². The van der Waals surface area contributed by atoms with Gasteiger partial charge in [-0.05, 0) is 12.1 Å². The lowest BCUT2D eigenvalue weighted by molar-refractivity contribution is 0.0689. The summed E-state index contributed by atoms with van der Waals surface area (Å²) in [6.45, 7) is 0. The first-order valence-electron chi connectivity index (χ1n) is 2.73. The van der Waals surface area contributed by atoms with Gasteiger partial charge in [0.2, 0.25) is 0 Å². The minimum atomic E-state index is -1.25. The molecule has 1 aromatic heterocycles. The number of aromatic nitrogens is 1. The lowest BCUT2D eigenvalue weighted by Crippen LogP contribution is -1.98. The Morgan fingerprint density at radius 1 is 1.36 bits per heavy atom. The van der Waals surface area contributed by atoms with E-state index in [1.54, 1.807) is 0 Å². The molecule has 1 rings (SSSR count). The second kappa shape index (κ2) is 2.45. The van der Waals surface area contributed by atoms with Crippen LogP contribution in [-0.4, -0.2) is 26.3 Å². The van der Waals surface area contributed by atoms with E-state index in [9.17, 15) is 4.79 Å². The Morgan fingerprint density at radius 2 is 2.00 bits per heavy atom. The molecule has 0 radical (unpaired) electrons. The molecule has 58 valence electrons. The van der Waals surface area contributed by atoms with Gasteiger partial charge in [0.1, 0.15) is 0 Å². The van der Waals surface area contributed by atoms with Gasteiger partial charge in [0.15, 0.2) is 11.4 Å². The van der Waals surface area contributed by atoms with Crippen molar-refractivity contribution in [3.63, 3.8) is 0 Å². The zero-order valence-corrected chi connectivity index (χ0v) is 5.35. The van der Waals surface area contributed by atoms with Crippen LogP contribution in [0.3, 0.4) is 0 Å². The van der Waals surface area contributed by atoms with Crippen molar-refractivity contribution in [2.75, 3.05) is 0 Å². The monoisotopic (exact) mass is 155 g/mol. The van der Waals surface area contributed by atoms with Gasteiger partial charge in [-0.25, -0.2) is 9.78 Å².